The summed E-state index contributed by atoms with van der Waals surface area (Å²) in [5.74, 6) is 0. The van der Waals surface area contributed by atoms with Gasteiger partial charge in [0.25, 0.3) is 0 Å². The van der Waals surface area contributed by atoms with Crippen LogP contribution in [-0.4, -0.2) is 44.4 Å². The summed E-state index contributed by atoms with van der Waals surface area (Å²) in [6.45, 7) is 11.2. The van der Waals surface area contributed by atoms with Crippen LogP contribution < -0.4 is 0 Å². The third-order valence-electron chi connectivity index (χ3n) is 1.99. The summed E-state index contributed by atoms with van der Waals surface area (Å²) >= 11 is 0. The third-order valence-corrected chi connectivity index (χ3v) is 3.37. The van der Waals surface area contributed by atoms with Crippen molar-refractivity contribution in [2.45, 2.75) is 20.8 Å². The van der Waals surface area contributed by atoms with E-state index in [0.717, 1.165) is 19.6 Å². The normalized spacial score (nSPS) is 15.8. The Morgan fingerprint density at radius 3 is 2.14 bits per heavy atom. The van der Waals surface area contributed by atoms with Crippen LogP contribution in [0.25, 0.3) is 0 Å². The molecule has 4 nitrogen and oxygen atoms in total. The van der Waals surface area contributed by atoms with E-state index in [1.807, 2.05) is 6.92 Å². The molecule has 14 heavy (non-hydrogen) atoms. The van der Waals surface area contributed by atoms with E-state index in [2.05, 4.69) is 18.7 Å². The predicted molar refractivity (Wildman–Crippen MR) is 58.9 cm³/mol. The molecular formula is C9H22NO3P. The highest BCUT2D eigenvalue weighted by Crippen LogP contribution is 2.43. The average molecular weight is 223 g/mol. The Morgan fingerprint density at radius 1 is 1.14 bits per heavy atom. The second-order valence-electron chi connectivity index (χ2n) is 3.05. The van der Waals surface area contributed by atoms with Crippen molar-refractivity contribution >= 4 is 7.60 Å². The summed E-state index contributed by atoms with van der Waals surface area (Å²) in [5.41, 5.74) is 0. The lowest BCUT2D eigenvalue weighted by atomic mass is 10.5. The van der Waals surface area contributed by atoms with Crippen LogP contribution in [0.15, 0.2) is 0 Å². The number of likely N-dealkylation sites (N-methyl/N-ethyl adjacent to an activating group) is 1. The Labute approximate surface area is 87.1 Å². The molecule has 0 bridgehead atoms. The first-order chi connectivity index (χ1) is 6.55. The highest BCUT2D eigenvalue weighted by Gasteiger charge is 2.15. The van der Waals surface area contributed by atoms with Gasteiger partial charge in [0.2, 0.25) is 0 Å². The molecule has 0 aliphatic carbocycles. The SMILES string of the molecule is CCOP(C)(=O)OCCN(CC)CC. The molecule has 86 valence electrons. The van der Waals surface area contributed by atoms with Crippen molar-refractivity contribution < 1.29 is 13.6 Å². The van der Waals surface area contributed by atoms with Gasteiger partial charge < -0.3 is 13.9 Å². The molecule has 0 aromatic heterocycles. The Kier molecular flexibility index (Phi) is 7.47. The first kappa shape index (κ1) is 14.1. The predicted octanol–water partition coefficient (Wildman–Crippen LogP) is 2.20. The van der Waals surface area contributed by atoms with Crippen molar-refractivity contribution in [1.82, 2.24) is 4.90 Å². The topological polar surface area (TPSA) is 38.8 Å². The van der Waals surface area contributed by atoms with Crippen molar-refractivity contribution in [3.8, 4) is 0 Å². The van der Waals surface area contributed by atoms with Gasteiger partial charge in [0.15, 0.2) is 0 Å². The number of hydrogen-bond donors (Lipinski definition) is 0. The minimum Gasteiger partial charge on any atom is -0.309 e. The first-order valence-electron chi connectivity index (χ1n) is 5.14. The molecule has 0 aliphatic heterocycles. The fraction of sp³-hybridized carbons (Fsp3) is 1.00. The molecule has 0 saturated carbocycles. The van der Waals surface area contributed by atoms with Gasteiger partial charge in [-0.1, -0.05) is 13.8 Å². The van der Waals surface area contributed by atoms with E-state index in [4.69, 9.17) is 9.05 Å². The Morgan fingerprint density at radius 2 is 1.71 bits per heavy atom. The van der Waals surface area contributed by atoms with Crippen LogP contribution in [0, 0.1) is 0 Å². The summed E-state index contributed by atoms with van der Waals surface area (Å²) < 4.78 is 21.7. The summed E-state index contributed by atoms with van der Waals surface area (Å²) in [4.78, 5) is 2.21. The van der Waals surface area contributed by atoms with Gasteiger partial charge in [0.05, 0.1) is 13.2 Å². The van der Waals surface area contributed by atoms with E-state index in [1.54, 1.807) is 0 Å². The van der Waals surface area contributed by atoms with E-state index in [-0.39, 0.29) is 0 Å². The molecule has 0 aliphatic rings. The highest BCUT2D eigenvalue weighted by molar-refractivity contribution is 7.52. The maximum absolute atomic E-state index is 11.5. The number of nitrogens with zero attached hydrogens (tertiary/aromatic N) is 1. The standard InChI is InChI=1S/C9H22NO3P/c1-5-10(6-2)8-9-13-14(4,11)12-7-3/h5-9H2,1-4H3. The second-order valence-corrected chi connectivity index (χ2v) is 5.11. The molecule has 0 saturated heterocycles. The average Bonchev–Trinajstić information content (AvgIpc) is 2.12. The van der Waals surface area contributed by atoms with Crippen LogP contribution in [0.5, 0.6) is 0 Å². The van der Waals surface area contributed by atoms with Crippen LogP contribution in [-0.2, 0) is 13.6 Å². The smallest absolute Gasteiger partial charge is 0.309 e. The van der Waals surface area contributed by atoms with E-state index in [0.29, 0.717) is 13.2 Å². The minimum absolute atomic E-state index is 0.430. The lowest BCUT2D eigenvalue weighted by molar-refractivity contribution is 0.183. The summed E-state index contributed by atoms with van der Waals surface area (Å²) in [5, 5.41) is 0. The summed E-state index contributed by atoms with van der Waals surface area (Å²) in [6.07, 6.45) is 0. The molecule has 0 heterocycles. The van der Waals surface area contributed by atoms with E-state index in [1.165, 1.54) is 6.66 Å². The molecule has 1 unspecified atom stereocenters. The fourth-order valence-corrected chi connectivity index (χ4v) is 2.10. The zero-order chi connectivity index (χ0) is 11.0. The third kappa shape index (κ3) is 6.55. The molecule has 0 aromatic rings. The van der Waals surface area contributed by atoms with E-state index in [9.17, 15) is 4.57 Å². The van der Waals surface area contributed by atoms with Crippen molar-refractivity contribution in [3.05, 3.63) is 0 Å². The lowest BCUT2D eigenvalue weighted by Gasteiger charge is -2.19. The van der Waals surface area contributed by atoms with Gasteiger partial charge in [-0.3, -0.25) is 4.57 Å². The van der Waals surface area contributed by atoms with E-state index >= 15 is 0 Å². The monoisotopic (exact) mass is 223 g/mol. The van der Waals surface area contributed by atoms with Gasteiger partial charge in [0.1, 0.15) is 0 Å². The van der Waals surface area contributed by atoms with Gasteiger partial charge in [-0.25, -0.2) is 0 Å². The fourth-order valence-electron chi connectivity index (χ4n) is 1.15. The van der Waals surface area contributed by atoms with Gasteiger partial charge in [-0.15, -0.1) is 0 Å². The van der Waals surface area contributed by atoms with Crippen LogP contribution in [0.3, 0.4) is 0 Å². The quantitative estimate of drug-likeness (QED) is 0.591. The Bertz CT molecular complexity index is 183. The first-order valence-corrected chi connectivity index (χ1v) is 7.13. The van der Waals surface area contributed by atoms with Crippen LogP contribution in [0.2, 0.25) is 0 Å². The molecule has 1 atom stereocenters. The zero-order valence-electron chi connectivity index (χ0n) is 9.65. The highest BCUT2D eigenvalue weighted by atomic mass is 31.2. The van der Waals surface area contributed by atoms with Crippen molar-refractivity contribution in [1.29, 1.82) is 0 Å². The van der Waals surface area contributed by atoms with E-state index < -0.39 is 7.60 Å². The van der Waals surface area contributed by atoms with Gasteiger partial charge >= 0.3 is 7.60 Å². The second kappa shape index (κ2) is 7.41. The number of rotatable bonds is 8. The molecular weight excluding hydrogens is 201 g/mol. The van der Waals surface area contributed by atoms with Gasteiger partial charge in [-0.2, -0.15) is 0 Å². The summed E-state index contributed by atoms with van der Waals surface area (Å²) in [7, 11) is -2.80. The Hall–Kier alpha value is 0.110. The maximum atomic E-state index is 11.5. The summed E-state index contributed by atoms with van der Waals surface area (Å²) in [6, 6.07) is 0. The number of hydrogen-bond acceptors (Lipinski definition) is 4. The van der Waals surface area contributed by atoms with Crippen molar-refractivity contribution in [2.75, 3.05) is 39.5 Å². The molecule has 0 N–H and O–H groups in total. The molecule has 0 radical (unpaired) electrons. The molecule has 0 rings (SSSR count). The molecule has 0 fully saturated rings. The molecule has 5 heteroatoms. The lowest BCUT2D eigenvalue weighted by Crippen LogP contribution is -2.26. The molecule has 0 amide bonds. The minimum atomic E-state index is -2.80. The molecule has 0 aromatic carbocycles. The largest absolute Gasteiger partial charge is 0.327 e. The Balaban J connectivity index is 3.66. The van der Waals surface area contributed by atoms with Gasteiger partial charge in [0, 0.05) is 13.2 Å². The van der Waals surface area contributed by atoms with Crippen molar-refractivity contribution in [3.63, 3.8) is 0 Å². The molecule has 0 spiro atoms. The van der Waals surface area contributed by atoms with Crippen molar-refractivity contribution in [2.24, 2.45) is 0 Å². The maximum Gasteiger partial charge on any atom is 0.327 e. The van der Waals surface area contributed by atoms with Crippen LogP contribution in [0.1, 0.15) is 20.8 Å². The van der Waals surface area contributed by atoms with Crippen LogP contribution >= 0.6 is 7.60 Å². The van der Waals surface area contributed by atoms with Gasteiger partial charge in [-0.05, 0) is 20.0 Å². The zero-order valence-corrected chi connectivity index (χ0v) is 10.5. The van der Waals surface area contributed by atoms with Crippen LogP contribution in [0.4, 0.5) is 0 Å².